The summed E-state index contributed by atoms with van der Waals surface area (Å²) in [4.78, 5) is 19.3. The van der Waals surface area contributed by atoms with E-state index in [-0.39, 0.29) is 17.8 Å². The first-order valence-electron chi connectivity index (χ1n) is 9.00. The van der Waals surface area contributed by atoms with Crippen LogP contribution >= 0.6 is 0 Å². The highest BCUT2D eigenvalue weighted by Gasteiger charge is 2.35. The molecule has 5 nitrogen and oxygen atoms in total. The van der Waals surface area contributed by atoms with Gasteiger partial charge in [0.2, 0.25) is 0 Å². The quantitative estimate of drug-likeness (QED) is 0.929. The molecule has 0 unspecified atom stereocenters. The molecule has 0 spiro atoms. The van der Waals surface area contributed by atoms with E-state index in [1.165, 1.54) is 18.5 Å². The third-order valence-corrected chi connectivity index (χ3v) is 5.55. The molecule has 3 fully saturated rings. The van der Waals surface area contributed by atoms with Crippen LogP contribution in [0.5, 0.6) is 0 Å². The van der Waals surface area contributed by atoms with Crippen LogP contribution in [0.2, 0.25) is 0 Å². The Morgan fingerprint density at radius 2 is 2.12 bits per heavy atom. The summed E-state index contributed by atoms with van der Waals surface area (Å²) in [5, 5.41) is 3.21. The second-order valence-corrected chi connectivity index (χ2v) is 6.92. The van der Waals surface area contributed by atoms with Crippen molar-refractivity contribution in [2.45, 2.75) is 32.4 Å². The first-order valence-corrected chi connectivity index (χ1v) is 9.00. The highest BCUT2D eigenvalue weighted by atomic mass is 19.1. The average molecular weight is 342 g/mol. The maximum atomic E-state index is 14.1. The lowest BCUT2D eigenvalue weighted by Gasteiger charge is -2.44. The van der Waals surface area contributed by atoms with E-state index >= 15 is 0 Å². The van der Waals surface area contributed by atoms with E-state index < -0.39 is 0 Å². The monoisotopic (exact) mass is 342 g/mol. The van der Waals surface area contributed by atoms with Crippen molar-refractivity contribution in [3.8, 4) is 11.3 Å². The minimum Gasteiger partial charge on any atom is -0.346 e. The number of nitrogens with one attached hydrogen (secondary N) is 1. The Hall–Kier alpha value is -2.21. The number of carbonyl (C=O) groups is 1. The molecule has 3 saturated heterocycles. The molecule has 3 aliphatic heterocycles. The number of aromatic nitrogens is 2. The van der Waals surface area contributed by atoms with Crippen molar-refractivity contribution in [2.75, 3.05) is 19.6 Å². The average Bonchev–Trinajstić information content (AvgIpc) is 3.07. The lowest BCUT2D eigenvalue weighted by Crippen LogP contribution is -2.57. The van der Waals surface area contributed by atoms with Crippen molar-refractivity contribution in [1.82, 2.24) is 19.8 Å². The van der Waals surface area contributed by atoms with Gasteiger partial charge in [-0.3, -0.25) is 9.78 Å². The highest BCUT2D eigenvalue weighted by molar-refractivity contribution is 5.94. The Morgan fingerprint density at radius 1 is 1.32 bits per heavy atom. The standard InChI is InChI=1S/C19H23FN4O/c1-2-24-17(14-11-21-8-5-15(14)20)3-4-18(24)19(25)22-16-12-23-9-6-13(16)7-10-23/h3-5,8,11,13,16H,2,6-7,9-10,12H2,1H3,(H,22,25)/t16-/m0/s1. The Labute approximate surface area is 146 Å². The zero-order chi connectivity index (χ0) is 17.4. The number of hydrogen-bond acceptors (Lipinski definition) is 3. The summed E-state index contributed by atoms with van der Waals surface area (Å²) in [6, 6.07) is 5.14. The molecule has 2 bridgehead atoms. The predicted molar refractivity (Wildman–Crippen MR) is 93.7 cm³/mol. The second-order valence-electron chi connectivity index (χ2n) is 6.92. The molecule has 0 aliphatic carbocycles. The fourth-order valence-corrected chi connectivity index (χ4v) is 4.18. The van der Waals surface area contributed by atoms with Crippen LogP contribution in [0.15, 0.2) is 30.6 Å². The maximum Gasteiger partial charge on any atom is 0.268 e. The third kappa shape index (κ3) is 2.95. The molecular formula is C19H23FN4O. The minimum atomic E-state index is -0.327. The number of pyridine rings is 1. The predicted octanol–water partition coefficient (Wildman–Crippen LogP) is 2.53. The highest BCUT2D eigenvalue weighted by Crippen LogP contribution is 2.28. The molecule has 2 aromatic heterocycles. The van der Waals surface area contributed by atoms with Gasteiger partial charge in [0.1, 0.15) is 11.5 Å². The molecule has 0 aromatic carbocycles. The van der Waals surface area contributed by atoms with E-state index in [9.17, 15) is 9.18 Å². The summed E-state index contributed by atoms with van der Waals surface area (Å²) in [5.41, 5.74) is 1.69. The van der Waals surface area contributed by atoms with E-state index in [1.807, 2.05) is 11.5 Å². The van der Waals surface area contributed by atoms with E-state index in [0.717, 1.165) is 32.5 Å². The number of carbonyl (C=O) groups excluding carboxylic acids is 1. The van der Waals surface area contributed by atoms with Gasteiger partial charge in [-0.25, -0.2) is 4.39 Å². The summed E-state index contributed by atoms with van der Waals surface area (Å²) in [7, 11) is 0. The molecule has 6 heteroatoms. The summed E-state index contributed by atoms with van der Waals surface area (Å²) in [6.45, 7) is 5.79. The fraction of sp³-hybridized carbons (Fsp3) is 0.474. The summed E-state index contributed by atoms with van der Waals surface area (Å²) in [5.74, 6) is 0.178. The zero-order valence-corrected chi connectivity index (χ0v) is 14.4. The Balaban J connectivity index is 1.58. The number of fused-ring (bicyclic) bond motifs is 3. The molecular weight excluding hydrogens is 319 g/mol. The molecule has 0 saturated carbocycles. The van der Waals surface area contributed by atoms with Gasteiger partial charge in [-0.1, -0.05) is 0 Å². The van der Waals surface area contributed by atoms with Crippen LogP contribution in [0.3, 0.4) is 0 Å². The first kappa shape index (κ1) is 16.3. The van der Waals surface area contributed by atoms with Gasteiger partial charge in [0, 0.05) is 31.5 Å². The topological polar surface area (TPSA) is 50.2 Å². The van der Waals surface area contributed by atoms with Gasteiger partial charge in [0.25, 0.3) is 5.91 Å². The third-order valence-electron chi connectivity index (χ3n) is 5.55. The van der Waals surface area contributed by atoms with Gasteiger partial charge in [0.05, 0.1) is 11.3 Å². The SMILES string of the molecule is CCn1c(C(=O)N[C@H]2CN3CCC2CC3)ccc1-c1cnccc1F. The summed E-state index contributed by atoms with van der Waals surface area (Å²) >= 11 is 0. The van der Waals surface area contributed by atoms with Gasteiger partial charge in [-0.15, -0.1) is 0 Å². The number of amides is 1. The number of halogens is 1. The molecule has 3 aliphatic rings. The molecule has 2 aromatic rings. The van der Waals surface area contributed by atoms with Gasteiger partial charge in [0.15, 0.2) is 0 Å². The van der Waals surface area contributed by atoms with Gasteiger partial charge >= 0.3 is 0 Å². The zero-order valence-electron chi connectivity index (χ0n) is 14.4. The molecule has 1 amide bonds. The first-order chi connectivity index (χ1) is 12.2. The van der Waals surface area contributed by atoms with E-state index in [2.05, 4.69) is 15.2 Å². The molecule has 5 heterocycles. The van der Waals surface area contributed by atoms with Crippen LogP contribution in [0.1, 0.15) is 30.3 Å². The van der Waals surface area contributed by atoms with Crippen molar-refractivity contribution >= 4 is 5.91 Å². The van der Waals surface area contributed by atoms with E-state index in [1.54, 1.807) is 12.1 Å². The van der Waals surface area contributed by atoms with Crippen LogP contribution in [0.25, 0.3) is 11.3 Å². The number of rotatable bonds is 4. The molecule has 1 N–H and O–H groups in total. The lowest BCUT2D eigenvalue weighted by atomic mass is 9.84. The fourth-order valence-electron chi connectivity index (χ4n) is 4.18. The normalized spacial score (nSPS) is 25.1. The van der Waals surface area contributed by atoms with Crippen molar-refractivity contribution in [3.63, 3.8) is 0 Å². The largest absolute Gasteiger partial charge is 0.346 e. The van der Waals surface area contributed by atoms with Gasteiger partial charge in [-0.2, -0.15) is 0 Å². The number of nitrogens with zero attached hydrogens (tertiary/aromatic N) is 3. The van der Waals surface area contributed by atoms with Crippen molar-refractivity contribution in [1.29, 1.82) is 0 Å². The minimum absolute atomic E-state index is 0.0730. The number of hydrogen-bond donors (Lipinski definition) is 1. The number of piperidine rings is 3. The molecule has 1 atom stereocenters. The smallest absolute Gasteiger partial charge is 0.268 e. The molecule has 25 heavy (non-hydrogen) atoms. The Bertz CT molecular complexity index is 779. The van der Waals surface area contributed by atoms with E-state index in [4.69, 9.17) is 0 Å². The van der Waals surface area contributed by atoms with Crippen LogP contribution < -0.4 is 5.32 Å². The van der Waals surface area contributed by atoms with Crippen molar-refractivity contribution in [2.24, 2.45) is 5.92 Å². The van der Waals surface area contributed by atoms with Crippen LogP contribution in [-0.4, -0.2) is 46.0 Å². The van der Waals surface area contributed by atoms with Crippen LogP contribution in [-0.2, 0) is 6.54 Å². The van der Waals surface area contributed by atoms with Gasteiger partial charge < -0.3 is 14.8 Å². The van der Waals surface area contributed by atoms with Crippen LogP contribution in [0.4, 0.5) is 4.39 Å². The van der Waals surface area contributed by atoms with Gasteiger partial charge in [-0.05, 0) is 57.0 Å². The Kier molecular flexibility index (Phi) is 4.29. The van der Waals surface area contributed by atoms with Crippen molar-refractivity contribution in [3.05, 3.63) is 42.1 Å². The summed E-state index contributed by atoms with van der Waals surface area (Å²) in [6.07, 6.45) is 5.25. The van der Waals surface area contributed by atoms with Crippen molar-refractivity contribution < 1.29 is 9.18 Å². The van der Waals surface area contributed by atoms with E-state index in [0.29, 0.717) is 29.4 Å². The lowest BCUT2D eigenvalue weighted by molar-refractivity contribution is 0.0615. The molecule has 132 valence electrons. The maximum absolute atomic E-state index is 14.1. The Morgan fingerprint density at radius 3 is 2.76 bits per heavy atom. The molecule has 0 radical (unpaired) electrons. The second kappa shape index (κ2) is 6.59. The van der Waals surface area contributed by atoms with Crippen LogP contribution in [0, 0.1) is 11.7 Å². The molecule has 5 rings (SSSR count). The summed E-state index contributed by atoms with van der Waals surface area (Å²) < 4.78 is 16.0.